The molecule has 0 bridgehead atoms. The number of rotatable bonds is 2. The fraction of sp³-hybridized carbons (Fsp3) is 0.286. The van der Waals surface area contributed by atoms with Crippen LogP contribution in [0.1, 0.15) is 19.5 Å². The van der Waals surface area contributed by atoms with Crippen LogP contribution in [0.5, 0.6) is 5.75 Å². The van der Waals surface area contributed by atoms with Crippen LogP contribution in [0.15, 0.2) is 29.8 Å². The van der Waals surface area contributed by atoms with Gasteiger partial charge in [-0.15, -0.1) is 0 Å². The van der Waals surface area contributed by atoms with E-state index in [0.29, 0.717) is 0 Å². The Balaban J connectivity index is 2.63. The van der Waals surface area contributed by atoms with E-state index in [0.717, 1.165) is 5.75 Å². The van der Waals surface area contributed by atoms with E-state index in [9.17, 15) is 0 Å². The minimum absolute atomic E-state index is 0.904. The lowest BCUT2D eigenvalue weighted by molar-refractivity contribution is 0.415. The highest BCUT2D eigenvalue weighted by molar-refractivity contribution is 5.85. The summed E-state index contributed by atoms with van der Waals surface area (Å²) in [5, 5.41) is 1.22. The van der Waals surface area contributed by atoms with Crippen molar-refractivity contribution in [2.24, 2.45) is 7.05 Å². The van der Waals surface area contributed by atoms with Crippen molar-refractivity contribution in [1.82, 2.24) is 4.57 Å². The van der Waals surface area contributed by atoms with E-state index in [2.05, 4.69) is 49.7 Å². The lowest BCUT2D eigenvalue weighted by atomic mass is 10.2. The second-order valence-electron chi connectivity index (χ2n) is 4.27. The van der Waals surface area contributed by atoms with Gasteiger partial charge in [-0.1, -0.05) is 5.57 Å². The molecule has 0 aliphatic carbocycles. The highest BCUT2D eigenvalue weighted by Gasteiger charge is 2.04. The van der Waals surface area contributed by atoms with Crippen molar-refractivity contribution in [2.45, 2.75) is 13.8 Å². The van der Waals surface area contributed by atoms with Crippen molar-refractivity contribution in [3.05, 3.63) is 35.5 Å². The Bertz CT molecular complexity index is 545. The third kappa shape index (κ3) is 1.83. The number of methoxy groups -OCH3 is 1. The van der Waals surface area contributed by atoms with Crippen LogP contribution in [0.25, 0.3) is 17.0 Å². The number of allylic oxidation sites excluding steroid dienone is 1. The number of fused-ring (bicyclic) bond motifs is 1. The van der Waals surface area contributed by atoms with Gasteiger partial charge in [0.1, 0.15) is 5.75 Å². The van der Waals surface area contributed by atoms with Crippen molar-refractivity contribution in [2.75, 3.05) is 7.11 Å². The molecule has 1 aromatic heterocycles. The summed E-state index contributed by atoms with van der Waals surface area (Å²) in [5.74, 6) is 0.904. The summed E-state index contributed by atoms with van der Waals surface area (Å²) < 4.78 is 7.42. The lowest BCUT2D eigenvalue weighted by Crippen LogP contribution is -1.90. The zero-order valence-electron chi connectivity index (χ0n) is 10.2. The molecule has 2 aromatic rings. The largest absolute Gasteiger partial charge is 0.497 e. The molecule has 16 heavy (non-hydrogen) atoms. The van der Waals surface area contributed by atoms with Crippen LogP contribution in [0.2, 0.25) is 0 Å². The Morgan fingerprint density at radius 1 is 1.25 bits per heavy atom. The SMILES string of the molecule is COc1ccc2c(c1)cc(C=C(C)C)n2C. The molecule has 0 saturated carbocycles. The van der Waals surface area contributed by atoms with Gasteiger partial charge in [0.25, 0.3) is 0 Å². The zero-order valence-corrected chi connectivity index (χ0v) is 10.2. The first-order valence-electron chi connectivity index (χ1n) is 5.40. The number of benzene rings is 1. The molecule has 2 nitrogen and oxygen atoms in total. The molecule has 0 unspecified atom stereocenters. The van der Waals surface area contributed by atoms with Crippen molar-refractivity contribution in [3.63, 3.8) is 0 Å². The van der Waals surface area contributed by atoms with Crippen molar-refractivity contribution in [3.8, 4) is 5.75 Å². The quantitative estimate of drug-likeness (QED) is 0.746. The van der Waals surface area contributed by atoms with Gasteiger partial charge < -0.3 is 9.30 Å². The van der Waals surface area contributed by atoms with Crippen LogP contribution >= 0.6 is 0 Å². The molecule has 0 N–H and O–H groups in total. The molecular formula is C14H17NO. The summed E-state index contributed by atoms with van der Waals surface area (Å²) in [7, 11) is 3.78. The average molecular weight is 215 g/mol. The van der Waals surface area contributed by atoms with Gasteiger partial charge in [0.2, 0.25) is 0 Å². The Kier molecular flexibility index (Phi) is 2.73. The van der Waals surface area contributed by atoms with Crippen LogP contribution < -0.4 is 4.74 Å². The number of aromatic nitrogens is 1. The predicted octanol–water partition coefficient (Wildman–Crippen LogP) is 3.61. The number of ether oxygens (including phenoxy) is 1. The summed E-state index contributed by atoms with van der Waals surface area (Å²) in [5.41, 5.74) is 3.76. The lowest BCUT2D eigenvalue weighted by Gasteiger charge is -2.01. The van der Waals surface area contributed by atoms with Gasteiger partial charge in [-0.3, -0.25) is 0 Å². The van der Waals surface area contributed by atoms with E-state index in [1.807, 2.05) is 6.07 Å². The Hall–Kier alpha value is -1.70. The molecule has 0 aliphatic heterocycles. The molecule has 0 aliphatic rings. The Morgan fingerprint density at radius 3 is 2.62 bits per heavy atom. The molecule has 2 rings (SSSR count). The fourth-order valence-electron chi connectivity index (χ4n) is 1.91. The fourth-order valence-corrected chi connectivity index (χ4v) is 1.91. The molecule has 2 heteroatoms. The molecule has 0 fully saturated rings. The summed E-state index contributed by atoms with van der Waals surface area (Å²) in [4.78, 5) is 0. The summed E-state index contributed by atoms with van der Waals surface area (Å²) in [6.07, 6.45) is 2.19. The highest BCUT2D eigenvalue weighted by Crippen LogP contribution is 2.24. The van der Waals surface area contributed by atoms with E-state index in [1.54, 1.807) is 7.11 Å². The van der Waals surface area contributed by atoms with Gasteiger partial charge >= 0.3 is 0 Å². The van der Waals surface area contributed by atoms with Crippen molar-refractivity contribution >= 4 is 17.0 Å². The first kappa shape index (κ1) is 10.8. The first-order chi connectivity index (χ1) is 7.61. The molecule has 1 aromatic carbocycles. The summed E-state index contributed by atoms with van der Waals surface area (Å²) in [6, 6.07) is 8.34. The molecule has 0 saturated heterocycles. The van der Waals surface area contributed by atoms with Crippen molar-refractivity contribution in [1.29, 1.82) is 0 Å². The monoisotopic (exact) mass is 215 g/mol. The normalized spacial score (nSPS) is 10.5. The maximum atomic E-state index is 5.23. The van der Waals surface area contributed by atoms with E-state index in [-0.39, 0.29) is 0 Å². The smallest absolute Gasteiger partial charge is 0.119 e. The van der Waals surface area contributed by atoms with Crippen LogP contribution in [0, 0.1) is 0 Å². The predicted molar refractivity (Wildman–Crippen MR) is 68.8 cm³/mol. The van der Waals surface area contributed by atoms with E-state index < -0.39 is 0 Å². The van der Waals surface area contributed by atoms with Gasteiger partial charge in [0.05, 0.1) is 7.11 Å². The maximum Gasteiger partial charge on any atom is 0.119 e. The van der Waals surface area contributed by atoms with E-state index in [4.69, 9.17) is 4.74 Å². The summed E-state index contributed by atoms with van der Waals surface area (Å²) >= 11 is 0. The molecule has 1 heterocycles. The maximum absolute atomic E-state index is 5.23. The Morgan fingerprint density at radius 2 is 2.00 bits per heavy atom. The van der Waals surface area contributed by atoms with Gasteiger partial charge in [0.15, 0.2) is 0 Å². The number of hydrogen-bond donors (Lipinski definition) is 0. The Labute approximate surface area is 96.1 Å². The molecule has 0 radical (unpaired) electrons. The van der Waals surface area contributed by atoms with Gasteiger partial charge in [0, 0.05) is 23.6 Å². The first-order valence-corrected chi connectivity index (χ1v) is 5.40. The van der Waals surface area contributed by atoms with Gasteiger partial charge in [-0.05, 0) is 44.2 Å². The molecule has 0 amide bonds. The van der Waals surface area contributed by atoms with E-state index in [1.165, 1.54) is 22.2 Å². The average Bonchev–Trinajstić information content (AvgIpc) is 2.54. The molecular weight excluding hydrogens is 198 g/mol. The second kappa shape index (κ2) is 4.05. The summed E-state index contributed by atoms with van der Waals surface area (Å²) in [6.45, 7) is 4.22. The van der Waals surface area contributed by atoms with Gasteiger partial charge in [-0.25, -0.2) is 0 Å². The second-order valence-corrected chi connectivity index (χ2v) is 4.27. The number of nitrogens with zero attached hydrogens (tertiary/aromatic N) is 1. The van der Waals surface area contributed by atoms with Crippen molar-refractivity contribution < 1.29 is 4.74 Å². The van der Waals surface area contributed by atoms with Crippen LogP contribution in [-0.2, 0) is 7.05 Å². The molecule has 0 spiro atoms. The van der Waals surface area contributed by atoms with Crippen LogP contribution in [0.4, 0.5) is 0 Å². The molecule has 0 atom stereocenters. The van der Waals surface area contributed by atoms with Gasteiger partial charge in [-0.2, -0.15) is 0 Å². The minimum atomic E-state index is 0.904. The van der Waals surface area contributed by atoms with Crippen LogP contribution in [0.3, 0.4) is 0 Å². The number of hydrogen-bond acceptors (Lipinski definition) is 1. The topological polar surface area (TPSA) is 14.2 Å². The highest BCUT2D eigenvalue weighted by atomic mass is 16.5. The molecule has 84 valence electrons. The zero-order chi connectivity index (χ0) is 11.7. The van der Waals surface area contributed by atoms with Crippen LogP contribution in [-0.4, -0.2) is 11.7 Å². The third-order valence-electron chi connectivity index (χ3n) is 2.72. The third-order valence-corrected chi connectivity index (χ3v) is 2.72. The number of aryl methyl sites for hydroxylation is 1. The van der Waals surface area contributed by atoms with E-state index >= 15 is 0 Å². The standard InChI is InChI=1S/C14H17NO/c1-10(2)7-12-8-11-9-13(16-4)5-6-14(11)15(12)3/h5-9H,1-4H3. The minimum Gasteiger partial charge on any atom is -0.497 e.